The molecule has 0 spiro atoms. The SMILES string of the molecule is COc1c(F)cc(C(C)C(=O)O)cc1Cl. The number of hydrogen-bond acceptors (Lipinski definition) is 2. The average molecular weight is 233 g/mol. The van der Waals surface area contributed by atoms with Gasteiger partial charge in [0, 0.05) is 0 Å². The van der Waals surface area contributed by atoms with E-state index in [-0.39, 0.29) is 10.8 Å². The number of halogens is 2. The fourth-order valence-electron chi connectivity index (χ4n) is 1.17. The summed E-state index contributed by atoms with van der Waals surface area (Å²) in [6, 6.07) is 2.51. The highest BCUT2D eigenvalue weighted by Crippen LogP contribution is 2.31. The average Bonchev–Trinajstić information content (AvgIpc) is 2.15. The first-order valence-electron chi connectivity index (χ1n) is 4.23. The summed E-state index contributed by atoms with van der Waals surface area (Å²) in [7, 11) is 1.30. The van der Waals surface area contributed by atoms with Crippen LogP contribution in [0.4, 0.5) is 4.39 Å². The van der Waals surface area contributed by atoms with E-state index >= 15 is 0 Å². The molecule has 15 heavy (non-hydrogen) atoms. The van der Waals surface area contributed by atoms with Crippen molar-refractivity contribution in [2.24, 2.45) is 0 Å². The zero-order valence-electron chi connectivity index (χ0n) is 8.25. The van der Waals surface area contributed by atoms with Crippen LogP contribution in [0.25, 0.3) is 0 Å². The number of aliphatic carboxylic acids is 1. The molecule has 0 fully saturated rings. The highest BCUT2D eigenvalue weighted by molar-refractivity contribution is 6.32. The van der Waals surface area contributed by atoms with Crippen molar-refractivity contribution in [3.63, 3.8) is 0 Å². The first kappa shape index (κ1) is 11.8. The molecule has 0 aromatic heterocycles. The van der Waals surface area contributed by atoms with Crippen LogP contribution in [0.2, 0.25) is 5.02 Å². The summed E-state index contributed by atoms with van der Waals surface area (Å²) in [5.74, 6) is -2.57. The van der Waals surface area contributed by atoms with Gasteiger partial charge in [-0.15, -0.1) is 0 Å². The van der Waals surface area contributed by atoms with E-state index in [9.17, 15) is 9.18 Å². The highest BCUT2D eigenvalue weighted by atomic mass is 35.5. The molecule has 5 heteroatoms. The maximum absolute atomic E-state index is 13.3. The topological polar surface area (TPSA) is 46.5 Å². The Morgan fingerprint density at radius 3 is 2.60 bits per heavy atom. The van der Waals surface area contributed by atoms with Crippen LogP contribution >= 0.6 is 11.6 Å². The molecule has 0 saturated heterocycles. The van der Waals surface area contributed by atoms with Crippen molar-refractivity contribution in [1.29, 1.82) is 0 Å². The Labute approximate surface area is 91.4 Å². The number of rotatable bonds is 3. The standard InChI is InChI=1S/C10H10ClFO3/c1-5(10(13)14)6-3-7(11)9(15-2)8(12)4-6/h3-5H,1-2H3,(H,13,14). The van der Waals surface area contributed by atoms with Crippen molar-refractivity contribution in [2.45, 2.75) is 12.8 Å². The van der Waals surface area contributed by atoms with Crippen molar-refractivity contribution in [1.82, 2.24) is 0 Å². The van der Waals surface area contributed by atoms with Crippen LogP contribution in [0, 0.1) is 5.82 Å². The summed E-state index contributed by atoms with van der Waals surface area (Å²) in [4.78, 5) is 10.7. The minimum Gasteiger partial charge on any atom is -0.492 e. The highest BCUT2D eigenvalue weighted by Gasteiger charge is 2.18. The quantitative estimate of drug-likeness (QED) is 0.872. The number of benzene rings is 1. The van der Waals surface area contributed by atoms with E-state index in [2.05, 4.69) is 0 Å². The van der Waals surface area contributed by atoms with Gasteiger partial charge in [-0.05, 0) is 24.6 Å². The maximum atomic E-state index is 13.3. The van der Waals surface area contributed by atoms with Crippen molar-refractivity contribution in [3.05, 3.63) is 28.5 Å². The van der Waals surface area contributed by atoms with Gasteiger partial charge in [-0.2, -0.15) is 0 Å². The first-order chi connectivity index (χ1) is 6.97. The summed E-state index contributed by atoms with van der Waals surface area (Å²) in [5, 5.41) is 8.82. The molecule has 1 aromatic rings. The lowest BCUT2D eigenvalue weighted by molar-refractivity contribution is -0.138. The molecule has 1 rings (SSSR count). The number of carboxylic acid groups (broad SMARTS) is 1. The smallest absolute Gasteiger partial charge is 0.310 e. The van der Waals surface area contributed by atoms with Gasteiger partial charge < -0.3 is 9.84 Å². The number of carbonyl (C=O) groups is 1. The number of ether oxygens (including phenoxy) is 1. The van der Waals surface area contributed by atoms with E-state index in [4.69, 9.17) is 21.4 Å². The summed E-state index contributed by atoms with van der Waals surface area (Å²) in [5.41, 5.74) is 0.311. The number of methoxy groups -OCH3 is 1. The molecule has 1 atom stereocenters. The minimum absolute atomic E-state index is 0.0700. The Balaban J connectivity index is 3.19. The van der Waals surface area contributed by atoms with Crippen LogP contribution in [0.1, 0.15) is 18.4 Å². The van der Waals surface area contributed by atoms with Crippen molar-refractivity contribution in [3.8, 4) is 5.75 Å². The Morgan fingerprint density at radius 2 is 2.20 bits per heavy atom. The normalized spacial score (nSPS) is 12.3. The Bertz CT molecular complexity index is 369. The zero-order valence-corrected chi connectivity index (χ0v) is 9.01. The van der Waals surface area contributed by atoms with Gasteiger partial charge in [-0.25, -0.2) is 4.39 Å². The second-order valence-corrected chi connectivity index (χ2v) is 3.48. The second-order valence-electron chi connectivity index (χ2n) is 3.08. The lowest BCUT2D eigenvalue weighted by Crippen LogP contribution is -2.08. The predicted octanol–water partition coefficient (Wildman–Crippen LogP) is 2.68. The molecular formula is C10H10ClFO3. The van der Waals surface area contributed by atoms with Gasteiger partial charge in [0.2, 0.25) is 0 Å². The van der Waals surface area contributed by atoms with Crippen LogP contribution in [-0.4, -0.2) is 18.2 Å². The van der Waals surface area contributed by atoms with Crippen LogP contribution in [0.15, 0.2) is 12.1 Å². The molecule has 0 aliphatic carbocycles. The third-order valence-electron chi connectivity index (χ3n) is 2.10. The predicted molar refractivity (Wildman–Crippen MR) is 54.0 cm³/mol. The fraction of sp³-hybridized carbons (Fsp3) is 0.300. The molecule has 1 unspecified atom stereocenters. The van der Waals surface area contributed by atoms with Crippen LogP contribution < -0.4 is 4.74 Å². The molecule has 0 radical (unpaired) electrons. The number of carboxylic acids is 1. The Kier molecular flexibility index (Phi) is 3.52. The van der Waals surface area contributed by atoms with E-state index in [1.54, 1.807) is 0 Å². The summed E-state index contributed by atoms with van der Waals surface area (Å²) in [6.45, 7) is 1.46. The third kappa shape index (κ3) is 2.39. The molecule has 0 saturated carbocycles. The van der Waals surface area contributed by atoms with Crippen LogP contribution in [0.3, 0.4) is 0 Å². The van der Waals surface area contributed by atoms with Crippen molar-refractivity contribution < 1.29 is 19.0 Å². The lowest BCUT2D eigenvalue weighted by atomic mass is 10.0. The number of hydrogen-bond donors (Lipinski definition) is 1. The van der Waals surface area contributed by atoms with Crippen molar-refractivity contribution in [2.75, 3.05) is 7.11 Å². The molecule has 82 valence electrons. The van der Waals surface area contributed by atoms with Crippen molar-refractivity contribution >= 4 is 17.6 Å². The van der Waals surface area contributed by atoms with Crippen LogP contribution in [0.5, 0.6) is 5.75 Å². The van der Waals surface area contributed by atoms with E-state index in [1.165, 1.54) is 20.1 Å². The molecule has 1 N–H and O–H groups in total. The van der Waals surface area contributed by atoms with Gasteiger partial charge in [0.05, 0.1) is 18.1 Å². The molecule has 1 aromatic carbocycles. The van der Waals surface area contributed by atoms with Gasteiger partial charge in [0.1, 0.15) is 0 Å². The van der Waals surface area contributed by atoms with Gasteiger partial charge in [-0.1, -0.05) is 11.6 Å². The monoisotopic (exact) mass is 232 g/mol. The van der Waals surface area contributed by atoms with E-state index in [0.29, 0.717) is 5.56 Å². The molecular weight excluding hydrogens is 223 g/mol. The summed E-state index contributed by atoms with van der Waals surface area (Å²) < 4.78 is 18.0. The van der Waals surface area contributed by atoms with Crippen LogP contribution in [-0.2, 0) is 4.79 Å². The van der Waals surface area contributed by atoms with Gasteiger partial charge in [0.15, 0.2) is 11.6 Å². The van der Waals surface area contributed by atoms with Gasteiger partial charge in [-0.3, -0.25) is 4.79 Å². The lowest BCUT2D eigenvalue weighted by Gasteiger charge is -2.10. The molecule has 0 amide bonds. The Hall–Kier alpha value is -1.29. The fourth-order valence-corrected chi connectivity index (χ4v) is 1.46. The van der Waals surface area contributed by atoms with Gasteiger partial charge >= 0.3 is 5.97 Å². The van der Waals surface area contributed by atoms with E-state index in [1.807, 2.05) is 0 Å². The first-order valence-corrected chi connectivity index (χ1v) is 4.61. The zero-order chi connectivity index (χ0) is 11.6. The summed E-state index contributed by atoms with van der Waals surface area (Å²) >= 11 is 5.73. The summed E-state index contributed by atoms with van der Waals surface area (Å²) in [6.07, 6.45) is 0. The molecule has 0 bridgehead atoms. The molecule has 3 nitrogen and oxygen atoms in total. The third-order valence-corrected chi connectivity index (χ3v) is 2.38. The Morgan fingerprint density at radius 1 is 1.60 bits per heavy atom. The molecule has 0 aliphatic heterocycles. The maximum Gasteiger partial charge on any atom is 0.310 e. The molecule has 0 aliphatic rings. The second kappa shape index (κ2) is 4.49. The van der Waals surface area contributed by atoms with Gasteiger partial charge in [0.25, 0.3) is 0 Å². The van der Waals surface area contributed by atoms with E-state index < -0.39 is 17.7 Å². The largest absolute Gasteiger partial charge is 0.492 e. The minimum atomic E-state index is -1.03. The molecule has 0 heterocycles. The van der Waals surface area contributed by atoms with E-state index in [0.717, 1.165) is 6.07 Å².